The van der Waals surface area contributed by atoms with Gasteiger partial charge in [0.1, 0.15) is 0 Å². The standard InChI is InChI=1S/C14H21NO2S/c15-14(10-16,12-4-2-1-3-5-12)11-18-13-6-8-17-9-7-13/h1-5,13,16H,6-11,15H2. The van der Waals surface area contributed by atoms with Gasteiger partial charge in [0.15, 0.2) is 0 Å². The van der Waals surface area contributed by atoms with Crippen LogP contribution in [0.4, 0.5) is 0 Å². The lowest BCUT2D eigenvalue weighted by Gasteiger charge is -2.30. The summed E-state index contributed by atoms with van der Waals surface area (Å²) >= 11 is 1.86. The van der Waals surface area contributed by atoms with E-state index in [0.717, 1.165) is 37.4 Å². The van der Waals surface area contributed by atoms with E-state index in [0.29, 0.717) is 5.25 Å². The first kappa shape index (κ1) is 13.9. The Balaban J connectivity index is 1.95. The highest BCUT2D eigenvalue weighted by Gasteiger charge is 2.28. The van der Waals surface area contributed by atoms with Gasteiger partial charge in [-0.3, -0.25) is 0 Å². The average Bonchev–Trinajstić information content (AvgIpc) is 2.47. The molecule has 1 saturated heterocycles. The van der Waals surface area contributed by atoms with Gasteiger partial charge in [-0.25, -0.2) is 0 Å². The monoisotopic (exact) mass is 267 g/mol. The van der Waals surface area contributed by atoms with Crippen molar-refractivity contribution in [3.63, 3.8) is 0 Å². The molecule has 4 heteroatoms. The van der Waals surface area contributed by atoms with Crippen LogP contribution in [-0.2, 0) is 10.3 Å². The van der Waals surface area contributed by atoms with Gasteiger partial charge in [-0.1, -0.05) is 30.3 Å². The number of thioether (sulfide) groups is 1. The summed E-state index contributed by atoms with van der Waals surface area (Å²) in [5.41, 5.74) is 6.71. The van der Waals surface area contributed by atoms with Crippen molar-refractivity contribution in [2.45, 2.75) is 23.6 Å². The fourth-order valence-corrected chi connectivity index (χ4v) is 3.42. The summed E-state index contributed by atoms with van der Waals surface area (Å²) in [6.07, 6.45) is 2.17. The predicted molar refractivity (Wildman–Crippen MR) is 75.7 cm³/mol. The zero-order valence-corrected chi connectivity index (χ0v) is 11.4. The largest absolute Gasteiger partial charge is 0.394 e. The van der Waals surface area contributed by atoms with Crippen LogP contribution in [-0.4, -0.2) is 35.9 Å². The quantitative estimate of drug-likeness (QED) is 0.853. The van der Waals surface area contributed by atoms with Crippen molar-refractivity contribution in [1.82, 2.24) is 0 Å². The molecule has 1 fully saturated rings. The van der Waals surface area contributed by atoms with E-state index in [2.05, 4.69) is 0 Å². The highest BCUT2D eigenvalue weighted by Crippen LogP contribution is 2.29. The number of hydrogen-bond acceptors (Lipinski definition) is 4. The zero-order valence-electron chi connectivity index (χ0n) is 10.5. The van der Waals surface area contributed by atoms with E-state index < -0.39 is 5.54 Å². The molecule has 1 aliphatic heterocycles. The lowest BCUT2D eigenvalue weighted by molar-refractivity contribution is 0.0999. The van der Waals surface area contributed by atoms with Crippen molar-refractivity contribution >= 4 is 11.8 Å². The first-order chi connectivity index (χ1) is 8.74. The van der Waals surface area contributed by atoms with Crippen molar-refractivity contribution in [2.24, 2.45) is 5.73 Å². The highest BCUT2D eigenvalue weighted by molar-refractivity contribution is 7.99. The third-order valence-electron chi connectivity index (χ3n) is 3.38. The van der Waals surface area contributed by atoms with Gasteiger partial charge in [0.2, 0.25) is 0 Å². The van der Waals surface area contributed by atoms with E-state index in [1.54, 1.807) is 0 Å². The van der Waals surface area contributed by atoms with Gasteiger partial charge in [-0.05, 0) is 18.4 Å². The maximum Gasteiger partial charge on any atom is 0.0735 e. The Morgan fingerprint density at radius 2 is 1.94 bits per heavy atom. The molecule has 100 valence electrons. The van der Waals surface area contributed by atoms with E-state index in [4.69, 9.17) is 10.5 Å². The molecular formula is C14H21NO2S. The fraction of sp³-hybridized carbons (Fsp3) is 0.571. The van der Waals surface area contributed by atoms with Crippen molar-refractivity contribution < 1.29 is 9.84 Å². The smallest absolute Gasteiger partial charge is 0.0735 e. The van der Waals surface area contributed by atoms with Crippen molar-refractivity contribution in [3.8, 4) is 0 Å². The van der Waals surface area contributed by atoms with E-state index in [1.165, 1.54) is 0 Å². The average molecular weight is 267 g/mol. The topological polar surface area (TPSA) is 55.5 Å². The second kappa shape index (κ2) is 6.57. The van der Waals surface area contributed by atoms with Crippen LogP contribution in [0.3, 0.4) is 0 Å². The molecule has 3 N–H and O–H groups in total. The molecule has 1 unspecified atom stereocenters. The van der Waals surface area contributed by atoms with Crippen LogP contribution in [0.5, 0.6) is 0 Å². The van der Waals surface area contributed by atoms with E-state index >= 15 is 0 Å². The van der Waals surface area contributed by atoms with Gasteiger partial charge in [-0.2, -0.15) is 11.8 Å². The Kier molecular flexibility index (Phi) is 5.06. The molecule has 0 bridgehead atoms. The Morgan fingerprint density at radius 1 is 1.28 bits per heavy atom. The van der Waals surface area contributed by atoms with Gasteiger partial charge in [0.25, 0.3) is 0 Å². The number of rotatable bonds is 5. The van der Waals surface area contributed by atoms with Gasteiger partial charge in [0.05, 0.1) is 12.1 Å². The lowest BCUT2D eigenvalue weighted by atomic mass is 9.94. The molecule has 18 heavy (non-hydrogen) atoms. The van der Waals surface area contributed by atoms with Crippen LogP contribution >= 0.6 is 11.8 Å². The van der Waals surface area contributed by atoms with Crippen LogP contribution < -0.4 is 5.73 Å². The number of aliphatic hydroxyl groups excluding tert-OH is 1. The van der Waals surface area contributed by atoms with E-state index in [-0.39, 0.29) is 6.61 Å². The van der Waals surface area contributed by atoms with Crippen LogP contribution in [0.25, 0.3) is 0 Å². The number of ether oxygens (including phenoxy) is 1. The summed E-state index contributed by atoms with van der Waals surface area (Å²) in [5, 5.41) is 10.2. The predicted octanol–water partition coefficient (Wildman–Crippen LogP) is 1.75. The Bertz CT molecular complexity index is 354. The summed E-state index contributed by atoms with van der Waals surface area (Å²) in [6, 6.07) is 9.87. The molecule has 1 atom stereocenters. The number of aliphatic hydroxyl groups is 1. The fourth-order valence-electron chi connectivity index (χ4n) is 2.10. The minimum Gasteiger partial charge on any atom is -0.394 e. The van der Waals surface area contributed by atoms with Crippen LogP contribution in [0.2, 0.25) is 0 Å². The molecule has 1 heterocycles. The number of benzene rings is 1. The van der Waals surface area contributed by atoms with E-state index in [9.17, 15) is 5.11 Å². The number of nitrogens with two attached hydrogens (primary N) is 1. The molecule has 3 nitrogen and oxygen atoms in total. The molecule has 0 spiro atoms. The Labute approximate surface area is 113 Å². The molecule has 2 rings (SSSR count). The highest BCUT2D eigenvalue weighted by atomic mass is 32.2. The van der Waals surface area contributed by atoms with Gasteiger partial charge >= 0.3 is 0 Å². The maximum absolute atomic E-state index is 9.61. The summed E-state index contributed by atoms with van der Waals surface area (Å²) in [7, 11) is 0. The van der Waals surface area contributed by atoms with Crippen LogP contribution in [0.15, 0.2) is 30.3 Å². The molecule has 1 aromatic rings. The molecular weight excluding hydrogens is 246 g/mol. The van der Waals surface area contributed by atoms with Crippen molar-refractivity contribution in [2.75, 3.05) is 25.6 Å². The molecule has 1 aromatic carbocycles. The molecule has 0 radical (unpaired) electrons. The molecule has 0 saturated carbocycles. The normalized spacial score (nSPS) is 20.6. The summed E-state index contributed by atoms with van der Waals surface area (Å²) in [5.74, 6) is 0.748. The summed E-state index contributed by atoms with van der Waals surface area (Å²) in [4.78, 5) is 0. The van der Waals surface area contributed by atoms with Crippen LogP contribution in [0.1, 0.15) is 18.4 Å². The summed E-state index contributed by atoms with van der Waals surface area (Å²) < 4.78 is 5.35. The molecule has 1 aliphatic rings. The second-order valence-corrected chi connectivity index (χ2v) is 6.09. The van der Waals surface area contributed by atoms with E-state index in [1.807, 2.05) is 42.1 Å². The first-order valence-corrected chi connectivity index (χ1v) is 7.44. The van der Waals surface area contributed by atoms with Crippen LogP contribution in [0, 0.1) is 0 Å². The third kappa shape index (κ3) is 3.48. The maximum atomic E-state index is 9.61. The number of hydrogen-bond donors (Lipinski definition) is 2. The molecule has 0 aliphatic carbocycles. The second-order valence-electron chi connectivity index (χ2n) is 4.80. The minimum atomic E-state index is -0.635. The Morgan fingerprint density at radius 3 is 2.56 bits per heavy atom. The van der Waals surface area contributed by atoms with Gasteiger partial charge in [0, 0.05) is 24.2 Å². The SMILES string of the molecule is NC(CO)(CSC1CCOCC1)c1ccccc1. The zero-order chi connectivity index (χ0) is 12.8. The van der Waals surface area contributed by atoms with Gasteiger partial charge in [-0.15, -0.1) is 0 Å². The summed E-state index contributed by atoms with van der Waals surface area (Å²) in [6.45, 7) is 1.67. The van der Waals surface area contributed by atoms with Crippen molar-refractivity contribution in [1.29, 1.82) is 0 Å². The van der Waals surface area contributed by atoms with Crippen molar-refractivity contribution in [3.05, 3.63) is 35.9 Å². The Hall–Kier alpha value is -0.550. The molecule has 0 amide bonds. The minimum absolute atomic E-state index is 0.0206. The van der Waals surface area contributed by atoms with Gasteiger partial charge < -0.3 is 15.6 Å². The first-order valence-electron chi connectivity index (χ1n) is 6.39. The lowest BCUT2D eigenvalue weighted by Crippen LogP contribution is -2.43. The molecule has 0 aromatic heterocycles. The third-order valence-corrected chi connectivity index (χ3v) is 5.00.